The normalized spacial score (nSPS) is 11.9. The van der Waals surface area contributed by atoms with Crippen LogP contribution in [0.15, 0.2) is 0 Å². The van der Waals surface area contributed by atoms with Crippen LogP contribution in [0.5, 0.6) is 0 Å². The molecule has 0 fully saturated rings. The molecule has 3 N–H and O–H groups in total. The van der Waals surface area contributed by atoms with Gasteiger partial charge in [-0.2, -0.15) is 11.8 Å². The third-order valence-electron chi connectivity index (χ3n) is 1.35. The van der Waals surface area contributed by atoms with Crippen molar-refractivity contribution in [1.29, 1.82) is 0 Å². The summed E-state index contributed by atoms with van der Waals surface area (Å²) in [6.07, 6.45) is 0. The monoisotopic (exact) mass is 220 g/mol. The van der Waals surface area contributed by atoms with Crippen LogP contribution in [0.25, 0.3) is 0 Å². The predicted molar refractivity (Wildman–Crippen MR) is 56.6 cm³/mol. The molecule has 0 saturated heterocycles. The van der Waals surface area contributed by atoms with E-state index in [1.165, 1.54) is 0 Å². The molecule has 0 heterocycles. The number of hydrogen-bond acceptors (Lipinski definition) is 3. The quantitative estimate of drug-likeness (QED) is 0.609. The highest BCUT2D eigenvalue weighted by molar-refractivity contribution is 7.99. The minimum Gasteiger partial charge on any atom is -0.480 e. The number of aliphatic carboxylic acids is 1. The van der Waals surface area contributed by atoms with Gasteiger partial charge in [-0.25, -0.2) is 4.79 Å². The van der Waals surface area contributed by atoms with Crippen LogP contribution in [0, 0.1) is 0 Å². The van der Waals surface area contributed by atoms with Gasteiger partial charge in [0.2, 0.25) is 0 Å². The van der Waals surface area contributed by atoms with Gasteiger partial charge >= 0.3 is 12.0 Å². The third kappa shape index (κ3) is 7.72. The highest BCUT2D eigenvalue weighted by atomic mass is 32.2. The predicted octanol–water partition coefficient (Wildman–Crippen LogP) is 0.512. The molecule has 0 aliphatic carbocycles. The van der Waals surface area contributed by atoms with Crippen molar-refractivity contribution < 1.29 is 14.7 Å². The van der Waals surface area contributed by atoms with Gasteiger partial charge in [0.15, 0.2) is 0 Å². The second-order valence-electron chi connectivity index (χ2n) is 2.78. The lowest BCUT2D eigenvalue weighted by Gasteiger charge is -2.12. The maximum atomic E-state index is 11.0. The Morgan fingerprint density at radius 2 is 2.14 bits per heavy atom. The summed E-state index contributed by atoms with van der Waals surface area (Å²) in [4.78, 5) is 21.1. The van der Waals surface area contributed by atoms with Crippen molar-refractivity contribution in [2.75, 3.05) is 18.1 Å². The van der Waals surface area contributed by atoms with Crippen LogP contribution in [0.4, 0.5) is 4.79 Å². The van der Waals surface area contributed by atoms with E-state index >= 15 is 0 Å². The van der Waals surface area contributed by atoms with Crippen LogP contribution in [0.1, 0.15) is 13.8 Å². The number of carbonyl (C=O) groups is 2. The fraction of sp³-hybridized carbons (Fsp3) is 0.750. The molecule has 82 valence electrons. The summed E-state index contributed by atoms with van der Waals surface area (Å²) in [6.45, 7) is 3.57. The lowest BCUT2D eigenvalue weighted by Crippen LogP contribution is -2.43. The second kappa shape index (κ2) is 7.49. The van der Waals surface area contributed by atoms with Gasteiger partial charge in [0.05, 0.1) is 0 Å². The van der Waals surface area contributed by atoms with E-state index in [-0.39, 0.29) is 12.6 Å². The number of rotatable bonds is 6. The summed E-state index contributed by atoms with van der Waals surface area (Å²) >= 11 is 1.72. The minimum absolute atomic E-state index is 0.0498. The van der Waals surface area contributed by atoms with Crippen LogP contribution in [-0.4, -0.2) is 41.2 Å². The Labute approximate surface area is 87.6 Å². The molecule has 6 heteroatoms. The van der Waals surface area contributed by atoms with Crippen molar-refractivity contribution in [3.05, 3.63) is 0 Å². The zero-order valence-electron chi connectivity index (χ0n) is 8.37. The standard InChI is InChI=1S/C8H16N2O3S/c1-3-14-5-6(2)10-8(13)9-4-7(11)12/h6H,3-5H2,1-2H3,(H,11,12)(H2,9,10,13). The fourth-order valence-corrected chi connectivity index (χ4v) is 1.44. The highest BCUT2D eigenvalue weighted by Gasteiger charge is 2.07. The number of hydrogen-bond donors (Lipinski definition) is 3. The van der Waals surface area contributed by atoms with Gasteiger partial charge in [-0.3, -0.25) is 4.79 Å². The summed E-state index contributed by atoms with van der Waals surface area (Å²) in [6, 6.07) is -0.384. The number of carboxylic acids is 1. The molecule has 14 heavy (non-hydrogen) atoms. The fourth-order valence-electron chi connectivity index (χ4n) is 0.767. The van der Waals surface area contributed by atoms with Gasteiger partial charge < -0.3 is 15.7 Å². The van der Waals surface area contributed by atoms with Crippen molar-refractivity contribution in [3.63, 3.8) is 0 Å². The second-order valence-corrected chi connectivity index (χ2v) is 4.10. The van der Waals surface area contributed by atoms with Crippen LogP contribution in [0.2, 0.25) is 0 Å². The molecule has 0 bridgehead atoms. The lowest BCUT2D eigenvalue weighted by atomic mass is 10.4. The van der Waals surface area contributed by atoms with Crippen LogP contribution >= 0.6 is 11.8 Å². The summed E-state index contributed by atoms with van der Waals surface area (Å²) < 4.78 is 0. The first-order valence-corrected chi connectivity index (χ1v) is 5.55. The highest BCUT2D eigenvalue weighted by Crippen LogP contribution is 2.00. The molecule has 0 aliphatic heterocycles. The van der Waals surface area contributed by atoms with Crippen LogP contribution in [-0.2, 0) is 4.79 Å². The van der Waals surface area contributed by atoms with Crippen molar-refractivity contribution in [2.45, 2.75) is 19.9 Å². The number of carbonyl (C=O) groups excluding carboxylic acids is 1. The van der Waals surface area contributed by atoms with Crippen molar-refractivity contribution in [2.24, 2.45) is 0 Å². The Bertz CT molecular complexity index is 199. The molecule has 0 rings (SSSR count). The first kappa shape index (κ1) is 13.1. The van der Waals surface area contributed by atoms with Crippen molar-refractivity contribution in [3.8, 4) is 0 Å². The SMILES string of the molecule is CCSCC(C)NC(=O)NCC(=O)O. The third-order valence-corrected chi connectivity index (χ3v) is 2.49. The number of amides is 2. The first-order chi connectivity index (χ1) is 6.56. The molecule has 0 radical (unpaired) electrons. The van der Waals surface area contributed by atoms with Gasteiger partial charge in [-0.05, 0) is 12.7 Å². The largest absolute Gasteiger partial charge is 0.480 e. The average molecular weight is 220 g/mol. The molecule has 0 aromatic carbocycles. The van der Waals surface area contributed by atoms with E-state index in [1.807, 2.05) is 13.8 Å². The summed E-state index contributed by atoms with van der Waals surface area (Å²) in [5.41, 5.74) is 0. The number of thioether (sulfide) groups is 1. The Morgan fingerprint density at radius 3 is 2.64 bits per heavy atom. The topological polar surface area (TPSA) is 78.4 Å². The molecule has 0 aromatic heterocycles. The Balaban J connectivity index is 3.55. The summed E-state index contributed by atoms with van der Waals surface area (Å²) in [5, 5.41) is 13.2. The maximum Gasteiger partial charge on any atom is 0.323 e. The first-order valence-electron chi connectivity index (χ1n) is 4.40. The number of urea groups is 1. The molecule has 5 nitrogen and oxygen atoms in total. The van der Waals surface area contributed by atoms with Gasteiger partial charge in [-0.15, -0.1) is 0 Å². The van der Waals surface area contributed by atoms with E-state index in [9.17, 15) is 9.59 Å². The van der Waals surface area contributed by atoms with Crippen LogP contribution in [0.3, 0.4) is 0 Å². The average Bonchev–Trinajstić information content (AvgIpc) is 2.11. The summed E-state index contributed by atoms with van der Waals surface area (Å²) in [7, 11) is 0. The van der Waals surface area contributed by atoms with Crippen LogP contribution < -0.4 is 10.6 Å². The number of nitrogens with one attached hydrogen (secondary N) is 2. The van der Waals surface area contributed by atoms with E-state index in [0.717, 1.165) is 11.5 Å². The summed E-state index contributed by atoms with van der Waals surface area (Å²) in [5.74, 6) is 0.787. The van der Waals surface area contributed by atoms with E-state index in [2.05, 4.69) is 10.6 Å². The Hall–Kier alpha value is -0.910. The lowest BCUT2D eigenvalue weighted by molar-refractivity contribution is -0.135. The molecule has 0 spiro atoms. The molecular weight excluding hydrogens is 204 g/mol. The van der Waals surface area contributed by atoms with E-state index in [4.69, 9.17) is 5.11 Å². The number of carboxylic acid groups (broad SMARTS) is 1. The van der Waals surface area contributed by atoms with Crippen molar-refractivity contribution in [1.82, 2.24) is 10.6 Å². The molecular formula is C8H16N2O3S. The maximum absolute atomic E-state index is 11.0. The zero-order chi connectivity index (χ0) is 11.0. The van der Waals surface area contributed by atoms with Gasteiger partial charge in [0.1, 0.15) is 6.54 Å². The molecule has 1 atom stereocenters. The smallest absolute Gasteiger partial charge is 0.323 e. The Kier molecular flexibility index (Phi) is 7.00. The van der Waals surface area contributed by atoms with Gasteiger partial charge in [-0.1, -0.05) is 6.92 Å². The van der Waals surface area contributed by atoms with Gasteiger partial charge in [0, 0.05) is 11.8 Å². The van der Waals surface area contributed by atoms with E-state index in [0.29, 0.717) is 0 Å². The molecule has 2 amide bonds. The molecule has 0 aromatic rings. The zero-order valence-corrected chi connectivity index (χ0v) is 9.19. The van der Waals surface area contributed by atoms with E-state index in [1.54, 1.807) is 11.8 Å². The molecule has 0 aliphatic rings. The Morgan fingerprint density at radius 1 is 1.50 bits per heavy atom. The molecule has 0 saturated carbocycles. The molecule has 1 unspecified atom stereocenters. The minimum atomic E-state index is -1.05. The van der Waals surface area contributed by atoms with Gasteiger partial charge in [0.25, 0.3) is 0 Å². The van der Waals surface area contributed by atoms with Crippen molar-refractivity contribution >= 4 is 23.8 Å². The van der Waals surface area contributed by atoms with E-state index < -0.39 is 12.0 Å².